The van der Waals surface area contributed by atoms with Crippen LogP contribution in [-0.2, 0) is 14.8 Å². The van der Waals surface area contributed by atoms with E-state index in [1.54, 1.807) is 24.3 Å². The van der Waals surface area contributed by atoms with E-state index in [1.165, 1.54) is 4.31 Å². The third-order valence-electron chi connectivity index (χ3n) is 5.06. The van der Waals surface area contributed by atoms with E-state index in [0.717, 1.165) is 35.9 Å². The average Bonchev–Trinajstić information content (AvgIpc) is 2.77. The molecule has 0 spiro atoms. The highest BCUT2D eigenvalue weighted by molar-refractivity contribution is 9.10. The number of halogens is 1. The van der Waals surface area contributed by atoms with E-state index < -0.39 is 16.1 Å². The van der Waals surface area contributed by atoms with Gasteiger partial charge in [0.1, 0.15) is 11.8 Å². The van der Waals surface area contributed by atoms with E-state index in [4.69, 9.17) is 4.74 Å². The number of nitrogens with one attached hydrogen (secondary N) is 1. The minimum atomic E-state index is -3.71. The summed E-state index contributed by atoms with van der Waals surface area (Å²) in [6, 6.07) is 15.5. The first kappa shape index (κ1) is 22.8. The number of amides is 1. The first-order valence-electron chi connectivity index (χ1n) is 10.2. The van der Waals surface area contributed by atoms with Gasteiger partial charge >= 0.3 is 0 Å². The highest BCUT2D eigenvalue weighted by Gasteiger charge is 2.37. The first-order chi connectivity index (χ1) is 14.5. The molecule has 1 N–H and O–H groups in total. The molecule has 2 aromatic carbocycles. The van der Waals surface area contributed by atoms with Gasteiger partial charge in [0.2, 0.25) is 15.9 Å². The van der Waals surface area contributed by atoms with Gasteiger partial charge in [0, 0.05) is 17.6 Å². The lowest BCUT2D eigenvalue weighted by molar-refractivity contribution is -0.125. The van der Waals surface area contributed by atoms with Crippen LogP contribution in [-0.4, -0.2) is 44.4 Å². The topological polar surface area (TPSA) is 75.7 Å². The smallest absolute Gasteiger partial charge is 0.243 e. The molecule has 1 heterocycles. The molecule has 0 aliphatic carbocycles. The molecule has 0 bridgehead atoms. The molecule has 1 fully saturated rings. The van der Waals surface area contributed by atoms with Crippen LogP contribution in [0.15, 0.2) is 64.0 Å². The maximum Gasteiger partial charge on any atom is 0.243 e. The normalized spacial score (nSPS) is 17.4. The molecule has 0 saturated carbocycles. The molecule has 1 amide bonds. The van der Waals surface area contributed by atoms with Gasteiger partial charge in [-0.1, -0.05) is 40.5 Å². The fourth-order valence-corrected chi connectivity index (χ4v) is 5.38. The Morgan fingerprint density at radius 2 is 1.80 bits per heavy atom. The summed E-state index contributed by atoms with van der Waals surface area (Å²) in [5.41, 5.74) is 0. The van der Waals surface area contributed by atoms with Crippen molar-refractivity contribution in [1.29, 1.82) is 0 Å². The first-order valence-corrected chi connectivity index (χ1v) is 12.4. The maximum absolute atomic E-state index is 13.1. The molecule has 1 saturated heterocycles. The number of carbonyl (C=O) groups is 1. The zero-order valence-electron chi connectivity index (χ0n) is 16.8. The Labute approximate surface area is 186 Å². The predicted molar refractivity (Wildman–Crippen MR) is 120 cm³/mol. The molecule has 1 atom stereocenters. The van der Waals surface area contributed by atoms with Gasteiger partial charge < -0.3 is 10.1 Å². The summed E-state index contributed by atoms with van der Waals surface area (Å²) < 4.78 is 34.0. The van der Waals surface area contributed by atoms with Gasteiger partial charge in [-0.3, -0.25) is 4.79 Å². The van der Waals surface area contributed by atoms with Crippen LogP contribution in [0.3, 0.4) is 0 Å². The summed E-state index contributed by atoms with van der Waals surface area (Å²) in [6.45, 7) is 1.44. The molecule has 1 aliphatic rings. The van der Waals surface area contributed by atoms with E-state index in [0.29, 0.717) is 26.1 Å². The number of carbonyl (C=O) groups excluding carboxylic acids is 1. The molecular weight excluding hydrogens is 468 g/mol. The van der Waals surface area contributed by atoms with Crippen molar-refractivity contribution in [1.82, 2.24) is 9.62 Å². The number of hydrogen-bond acceptors (Lipinski definition) is 4. The lowest BCUT2D eigenvalue weighted by atomic mass is 10.0. The minimum absolute atomic E-state index is 0.212. The van der Waals surface area contributed by atoms with Crippen LogP contribution in [0.25, 0.3) is 0 Å². The van der Waals surface area contributed by atoms with E-state index in [-0.39, 0.29) is 10.8 Å². The molecule has 162 valence electrons. The number of unbranched alkanes of at least 4 members (excludes halogenated alkanes) is 1. The number of sulfonamides is 1. The molecule has 6 nitrogen and oxygen atoms in total. The monoisotopic (exact) mass is 494 g/mol. The minimum Gasteiger partial charge on any atom is -0.494 e. The Bertz CT molecular complexity index is 920. The zero-order chi connectivity index (χ0) is 21.4. The SMILES string of the molecule is O=C(NCCCCOc1ccccc1)C1CCCCN1S(=O)(=O)c1ccc(Br)cc1. The number of ether oxygens (including phenoxy) is 1. The summed E-state index contributed by atoms with van der Waals surface area (Å²) in [4.78, 5) is 13.0. The molecule has 1 unspecified atom stereocenters. The van der Waals surface area contributed by atoms with Gasteiger partial charge in [0.05, 0.1) is 11.5 Å². The van der Waals surface area contributed by atoms with Crippen molar-refractivity contribution in [2.45, 2.75) is 43.0 Å². The molecule has 2 aromatic rings. The van der Waals surface area contributed by atoms with Crippen LogP contribution >= 0.6 is 15.9 Å². The van der Waals surface area contributed by atoms with Crippen molar-refractivity contribution in [2.24, 2.45) is 0 Å². The van der Waals surface area contributed by atoms with Crippen LogP contribution in [0.1, 0.15) is 32.1 Å². The van der Waals surface area contributed by atoms with Crippen LogP contribution < -0.4 is 10.1 Å². The molecule has 0 aromatic heterocycles. The van der Waals surface area contributed by atoms with Crippen molar-refractivity contribution in [3.63, 3.8) is 0 Å². The summed E-state index contributed by atoms with van der Waals surface area (Å²) >= 11 is 3.32. The van der Waals surface area contributed by atoms with Crippen molar-refractivity contribution in [3.05, 3.63) is 59.1 Å². The molecule has 30 heavy (non-hydrogen) atoms. The Morgan fingerprint density at radius 1 is 1.07 bits per heavy atom. The Morgan fingerprint density at radius 3 is 2.53 bits per heavy atom. The van der Waals surface area contributed by atoms with Crippen molar-refractivity contribution in [2.75, 3.05) is 19.7 Å². The summed E-state index contributed by atoms with van der Waals surface area (Å²) in [5.74, 6) is 0.608. The summed E-state index contributed by atoms with van der Waals surface area (Å²) in [7, 11) is -3.71. The van der Waals surface area contributed by atoms with Crippen LogP contribution in [0, 0.1) is 0 Å². The van der Waals surface area contributed by atoms with Crippen LogP contribution in [0.2, 0.25) is 0 Å². The number of rotatable bonds is 9. The van der Waals surface area contributed by atoms with Gasteiger partial charge in [-0.05, 0) is 62.1 Å². The highest BCUT2D eigenvalue weighted by atomic mass is 79.9. The van der Waals surface area contributed by atoms with Crippen molar-refractivity contribution < 1.29 is 17.9 Å². The fourth-order valence-electron chi connectivity index (χ4n) is 3.46. The quantitative estimate of drug-likeness (QED) is 0.535. The van der Waals surface area contributed by atoms with Gasteiger partial charge in [-0.2, -0.15) is 4.31 Å². The third-order valence-corrected chi connectivity index (χ3v) is 7.51. The number of piperidine rings is 1. The second-order valence-corrected chi connectivity index (χ2v) is 10.0. The zero-order valence-corrected chi connectivity index (χ0v) is 19.2. The molecule has 3 rings (SSSR count). The summed E-state index contributed by atoms with van der Waals surface area (Å²) in [6.07, 6.45) is 3.72. The maximum atomic E-state index is 13.1. The highest BCUT2D eigenvalue weighted by Crippen LogP contribution is 2.26. The second-order valence-electron chi connectivity index (χ2n) is 7.24. The molecule has 0 radical (unpaired) electrons. The van der Waals surface area contributed by atoms with Crippen LogP contribution in [0.5, 0.6) is 5.75 Å². The Kier molecular flexibility index (Phi) is 8.30. The largest absolute Gasteiger partial charge is 0.494 e. The summed E-state index contributed by atoms with van der Waals surface area (Å²) in [5, 5.41) is 2.91. The molecule has 8 heteroatoms. The van der Waals surface area contributed by atoms with Crippen molar-refractivity contribution >= 4 is 31.9 Å². The number of benzene rings is 2. The molecule has 1 aliphatic heterocycles. The lowest BCUT2D eigenvalue weighted by Crippen LogP contribution is -2.51. The number of nitrogens with zero attached hydrogens (tertiary/aromatic N) is 1. The van der Waals surface area contributed by atoms with Crippen molar-refractivity contribution in [3.8, 4) is 5.75 Å². The lowest BCUT2D eigenvalue weighted by Gasteiger charge is -2.33. The number of para-hydroxylation sites is 1. The van der Waals surface area contributed by atoms with Gasteiger partial charge in [0.15, 0.2) is 0 Å². The van der Waals surface area contributed by atoms with E-state index in [1.807, 2.05) is 30.3 Å². The average molecular weight is 495 g/mol. The third kappa shape index (κ3) is 6.06. The van der Waals surface area contributed by atoms with Gasteiger partial charge in [0.25, 0.3) is 0 Å². The second kappa shape index (κ2) is 10.9. The Balaban J connectivity index is 1.50. The van der Waals surface area contributed by atoms with Gasteiger partial charge in [-0.25, -0.2) is 8.42 Å². The Hall–Kier alpha value is -1.90. The van der Waals surface area contributed by atoms with E-state index in [2.05, 4.69) is 21.2 Å². The standard InChI is InChI=1S/C22H27BrN2O4S/c23-18-11-13-20(14-12-18)30(27,28)25-16-6-4-10-21(25)22(26)24-15-5-7-17-29-19-8-2-1-3-9-19/h1-3,8-9,11-14,21H,4-7,10,15-17H2,(H,24,26). The van der Waals surface area contributed by atoms with E-state index in [9.17, 15) is 13.2 Å². The number of hydrogen-bond donors (Lipinski definition) is 1. The fraction of sp³-hybridized carbons (Fsp3) is 0.409. The van der Waals surface area contributed by atoms with Crippen LogP contribution in [0.4, 0.5) is 0 Å². The molecular formula is C22H27BrN2O4S. The van der Waals surface area contributed by atoms with E-state index >= 15 is 0 Å². The predicted octanol–water partition coefficient (Wildman–Crippen LogP) is 3.97. The van der Waals surface area contributed by atoms with Gasteiger partial charge in [-0.15, -0.1) is 0 Å².